The number of morpholine rings is 1. The van der Waals surface area contributed by atoms with Gasteiger partial charge in [-0.05, 0) is 32.7 Å². The molecule has 0 aromatic heterocycles. The molecule has 2 fully saturated rings. The van der Waals surface area contributed by atoms with E-state index in [0.29, 0.717) is 6.10 Å². The van der Waals surface area contributed by atoms with Gasteiger partial charge in [-0.25, -0.2) is 0 Å². The highest BCUT2D eigenvalue weighted by Gasteiger charge is 2.20. The van der Waals surface area contributed by atoms with Gasteiger partial charge >= 0.3 is 0 Å². The van der Waals surface area contributed by atoms with Crippen LogP contribution < -0.4 is 5.32 Å². The highest BCUT2D eigenvalue weighted by atomic mass is 16.5. The molecule has 15 heavy (non-hydrogen) atoms. The van der Waals surface area contributed by atoms with Crippen molar-refractivity contribution in [1.82, 2.24) is 10.2 Å². The second-order valence-corrected chi connectivity index (χ2v) is 4.87. The number of ether oxygens (including phenoxy) is 1. The Labute approximate surface area is 93.2 Å². The van der Waals surface area contributed by atoms with Crippen LogP contribution in [0.4, 0.5) is 0 Å². The molecule has 0 aromatic rings. The Hall–Kier alpha value is -0.120. The van der Waals surface area contributed by atoms with E-state index in [0.717, 1.165) is 25.7 Å². The number of rotatable bonds is 3. The molecule has 2 aliphatic rings. The number of likely N-dealkylation sites (tertiary alicyclic amines) is 1. The third kappa shape index (κ3) is 3.44. The Morgan fingerprint density at radius 3 is 3.07 bits per heavy atom. The van der Waals surface area contributed by atoms with Crippen molar-refractivity contribution in [2.75, 3.05) is 32.8 Å². The lowest BCUT2D eigenvalue weighted by Gasteiger charge is -2.34. The summed E-state index contributed by atoms with van der Waals surface area (Å²) in [6, 6.07) is 0.787. The molecular formula is C12H24N2O. The van der Waals surface area contributed by atoms with E-state index in [1.165, 1.54) is 38.8 Å². The predicted molar refractivity (Wildman–Crippen MR) is 62.1 cm³/mol. The van der Waals surface area contributed by atoms with Gasteiger partial charge in [0.1, 0.15) is 0 Å². The number of nitrogens with one attached hydrogen (secondary N) is 1. The minimum absolute atomic E-state index is 0.452. The van der Waals surface area contributed by atoms with Gasteiger partial charge in [-0.3, -0.25) is 0 Å². The molecule has 2 atom stereocenters. The summed E-state index contributed by atoms with van der Waals surface area (Å²) in [4.78, 5) is 2.63. The summed E-state index contributed by atoms with van der Waals surface area (Å²) < 4.78 is 5.72. The summed E-state index contributed by atoms with van der Waals surface area (Å²) in [7, 11) is 0. The lowest BCUT2D eigenvalue weighted by molar-refractivity contribution is 0.0128. The summed E-state index contributed by atoms with van der Waals surface area (Å²) >= 11 is 0. The molecule has 3 heteroatoms. The Balaban J connectivity index is 1.67. The largest absolute Gasteiger partial charge is 0.376 e. The Morgan fingerprint density at radius 2 is 2.33 bits per heavy atom. The minimum atomic E-state index is 0.452. The van der Waals surface area contributed by atoms with E-state index in [1.54, 1.807) is 0 Å². The normalized spacial score (nSPS) is 34.2. The van der Waals surface area contributed by atoms with Crippen molar-refractivity contribution >= 4 is 0 Å². The number of hydrogen-bond acceptors (Lipinski definition) is 3. The van der Waals surface area contributed by atoms with Crippen LogP contribution in [0.2, 0.25) is 0 Å². The molecule has 1 N–H and O–H groups in total. The molecule has 3 nitrogen and oxygen atoms in total. The van der Waals surface area contributed by atoms with Crippen molar-refractivity contribution in [2.24, 2.45) is 0 Å². The Bertz CT molecular complexity index is 180. The zero-order valence-corrected chi connectivity index (χ0v) is 9.87. The molecule has 0 spiro atoms. The van der Waals surface area contributed by atoms with Gasteiger partial charge in [-0.1, -0.05) is 6.42 Å². The fourth-order valence-electron chi connectivity index (χ4n) is 2.60. The van der Waals surface area contributed by atoms with Gasteiger partial charge < -0.3 is 15.0 Å². The zero-order chi connectivity index (χ0) is 10.5. The van der Waals surface area contributed by atoms with Crippen LogP contribution in [-0.4, -0.2) is 49.8 Å². The van der Waals surface area contributed by atoms with Crippen molar-refractivity contribution in [3.63, 3.8) is 0 Å². The first-order chi connectivity index (χ1) is 7.36. The fourth-order valence-corrected chi connectivity index (χ4v) is 2.60. The average Bonchev–Trinajstić information content (AvgIpc) is 2.29. The van der Waals surface area contributed by atoms with E-state index in [1.807, 2.05) is 0 Å². The SMILES string of the molecule is CC1CCCCN1CCC1CNCCO1. The van der Waals surface area contributed by atoms with E-state index in [4.69, 9.17) is 4.74 Å². The summed E-state index contributed by atoms with van der Waals surface area (Å²) in [5.41, 5.74) is 0. The molecule has 2 aliphatic heterocycles. The summed E-state index contributed by atoms with van der Waals surface area (Å²) in [6.45, 7) is 7.83. The van der Waals surface area contributed by atoms with Gasteiger partial charge in [-0.2, -0.15) is 0 Å². The smallest absolute Gasteiger partial charge is 0.0712 e. The van der Waals surface area contributed by atoms with E-state index < -0.39 is 0 Å². The van der Waals surface area contributed by atoms with Gasteiger partial charge in [0, 0.05) is 25.7 Å². The lowest BCUT2D eigenvalue weighted by atomic mass is 10.0. The van der Waals surface area contributed by atoms with Crippen LogP contribution in [0.5, 0.6) is 0 Å². The van der Waals surface area contributed by atoms with Crippen LogP contribution in [-0.2, 0) is 4.74 Å². The highest BCUT2D eigenvalue weighted by molar-refractivity contribution is 4.75. The van der Waals surface area contributed by atoms with Crippen LogP contribution in [0.3, 0.4) is 0 Å². The van der Waals surface area contributed by atoms with E-state index >= 15 is 0 Å². The van der Waals surface area contributed by atoms with Crippen molar-refractivity contribution in [1.29, 1.82) is 0 Å². The first kappa shape index (κ1) is 11.4. The number of hydrogen-bond donors (Lipinski definition) is 1. The molecule has 2 rings (SSSR count). The first-order valence-electron chi connectivity index (χ1n) is 6.42. The van der Waals surface area contributed by atoms with Crippen LogP contribution in [0.1, 0.15) is 32.6 Å². The second kappa shape index (κ2) is 5.83. The monoisotopic (exact) mass is 212 g/mol. The Morgan fingerprint density at radius 1 is 1.40 bits per heavy atom. The summed E-state index contributed by atoms with van der Waals surface area (Å²) in [5, 5.41) is 3.39. The van der Waals surface area contributed by atoms with Crippen molar-refractivity contribution in [3.05, 3.63) is 0 Å². The van der Waals surface area contributed by atoms with Crippen LogP contribution >= 0.6 is 0 Å². The van der Waals surface area contributed by atoms with Crippen LogP contribution in [0.15, 0.2) is 0 Å². The Kier molecular flexibility index (Phi) is 4.42. The number of nitrogens with zero attached hydrogens (tertiary/aromatic N) is 1. The molecule has 0 amide bonds. The molecule has 0 bridgehead atoms. The summed E-state index contributed by atoms with van der Waals surface area (Å²) in [5.74, 6) is 0. The van der Waals surface area contributed by atoms with Crippen molar-refractivity contribution < 1.29 is 4.74 Å². The van der Waals surface area contributed by atoms with E-state index in [9.17, 15) is 0 Å². The molecule has 2 unspecified atom stereocenters. The standard InChI is InChI=1S/C12H24N2O/c1-11-4-2-3-7-14(11)8-5-12-10-13-6-9-15-12/h11-13H,2-10H2,1H3. The third-order valence-electron chi connectivity index (χ3n) is 3.68. The minimum Gasteiger partial charge on any atom is -0.376 e. The quantitative estimate of drug-likeness (QED) is 0.762. The van der Waals surface area contributed by atoms with E-state index in [-0.39, 0.29) is 0 Å². The van der Waals surface area contributed by atoms with Crippen molar-refractivity contribution in [3.8, 4) is 0 Å². The molecule has 2 saturated heterocycles. The molecule has 0 aromatic carbocycles. The maximum Gasteiger partial charge on any atom is 0.0712 e. The third-order valence-corrected chi connectivity index (χ3v) is 3.68. The highest BCUT2D eigenvalue weighted by Crippen LogP contribution is 2.17. The van der Waals surface area contributed by atoms with Crippen molar-refractivity contribution in [2.45, 2.75) is 44.8 Å². The van der Waals surface area contributed by atoms with Crippen LogP contribution in [0, 0.1) is 0 Å². The molecule has 0 saturated carbocycles. The second-order valence-electron chi connectivity index (χ2n) is 4.87. The summed E-state index contributed by atoms with van der Waals surface area (Å²) in [6.07, 6.45) is 5.82. The maximum atomic E-state index is 5.72. The average molecular weight is 212 g/mol. The molecular weight excluding hydrogens is 188 g/mol. The fraction of sp³-hybridized carbons (Fsp3) is 1.00. The van der Waals surface area contributed by atoms with Crippen LogP contribution in [0.25, 0.3) is 0 Å². The van der Waals surface area contributed by atoms with Gasteiger partial charge in [0.15, 0.2) is 0 Å². The lowest BCUT2D eigenvalue weighted by Crippen LogP contribution is -2.43. The topological polar surface area (TPSA) is 24.5 Å². The van der Waals surface area contributed by atoms with Gasteiger partial charge in [0.2, 0.25) is 0 Å². The van der Waals surface area contributed by atoms with E-state index in [2.05, 4.69) is 17.1 Å². The first-order valence-corrected chi connectivity index (χ1v) is 6.42. The molecule has 0 aliphatic carbocycles. The van der Waals surface area contributed by atoms with Gasteiger partial charge in [0.25, 0.3) is 0 Å². The molecule has 2 heterocycles. The van der Waals surface area contributed by atoms with Gasteiger partial charge in [0.05, 0.1) is 12.7 Å². The predicted octanol–water partition coefficient (Wildman–Crippen LogP) is 1.24. The molecule has 88 valence electrons. The zero-order valence-electron chi connectivity index (χ0n) is 9.87. The molecule has 0 radical (unpaired) electrons. The van der Waals surface area contributed by atoms with Gasteiger partial charge in [-0.15, -0.1) is 0 Å². The number of piperidine rings is 1. The maximum absolute atomic E-state index is 5.72.